The van der Waals surface area contributed by atoms with Crippen LogP contribution < -0.4 is 11.1 Å². The lowest BCUT2D eigenvalue weighted by Gasteiger charge is -2.04. The maximum atomic E-state index is 5.77. The van der Waals surface area contributed by atoms with Gasteiger partial charge in [0.15, 0.2) is 5.96 Å². The molecule has 2 aromatic rings. The van der Waals surface area contributed by atoms with Crippen LogP contribution in [-0.4, -0.2) is 15.7 Å². The number of anilines is 1. The maximum absolute atomic E-state index is 5.77. The molecule has 3 N–H and O–H groups in total. The van der Waals surface area contributed by atoms with Crippen molar-refractivity contribution in [3.8, 4) is 0 Å². The molecule has 0 bridgehead atoms. The molecule has 0 radical (unpaired) electrons. The van der Waals surface area contributed by atoms with Gasteiger partial charge in [-0.3, -0.25) is 4.68 Å². The number of nitrogens with zero attached hydrogens (tertiary/aromatic N) is 3. The fourth-order valence-electron chi connectivity index (χ4n) is 1.44. The number of benzene rings is 1. The van der Waals surface area contributed by atoms with E-state index in [2.05, 4.69) is 15.4 Å². The summed E-state index contributed by atoms with van der Waals surface area (Å²) in [6.45, 7) is 0.527. The van der Waals surface area contributed by atoms with Crippen molar-refractivity contribution < 1.29 is 0 Å². The Kier molecular flexibility index (Phi) is 5.63. The normalized spacial score (nSPS) is 10.8. The summed E-state index contributed by atoms with van der Waals surface area (Å²) in [5, 5.41) is 7.08. The molecule has 1 aromatic carbocycles. The zero-order valence-electron chi connectivity index (χ0n) is 10.1. The summed E-state index contributed by atoms with van der Waals surface area (Å²) < 4.78 is 1.74. The molecule has 1 aromatic heterocycles. The Bertz CT molecular complexity index is 506. The predicted octanol–water partition coefficient (Wildman–Crippen LogP) is 1.96. The lowest BCUT2D eigenvalue weighted by molar-refractivity contribution is 0.767. The SMILES string of the molecule is Cn1cc(CN=C(N)Nc2ccccc2)cn1.I. The third kappa shape index (κ3) is 4.36. The fraction of sp³-hybridized carbons (Fsp3) is 0.167. The van der Waals surface area contributed by atoms with Crippen molar-refractivity contribution in [2.24, 2.45) is 17.8 Å². The van der Waals surface area contributed by atoms with Crippen LogP contribution in [0.3, 0.4) is 0 Å². The first-order valence-corrected chi connectivity index (χ1v) is 5.33. The maximum Gasteiger partial charge on any atom is 0.193 e. The van der Waals surface area contributed by atoms with Crippen LogP contribution in [-0.2, 0) is 13.6 Å². The average molecular weight is 357 g/mol. The third-order valence-corrected chi connectivity index (χ3v) is 2.24. The van der Waals surface area contributed by atoms with Gasteiger partial charge < -0.3 is 11.1 Å². The first-order chi connectivity index (χ1) is 8.24. The van der Waals surface area contributed by atoms with Crippen molar-refractivity contribution in [3.05, 3.63) is 48.3 Å². The smallest absolute Gasteiger partial charge is 0.193 e. The molecule has 0 unspecified atom stereocenters. The summed E-state index contributed by atoms with van der Waals surface area (Å²) >= 11 is 0. The van der Waals surface area contributed by atoms with Crippen molar-refractivity contribution in [1.82, 2.24) is 9.78 Å². The van der Waals surface area contributed by atoms with Crippen molar-refractivity contribution in [1.29, 1.82) is 0 Å². The van der Waals surface area contributed by atoms with Gasteiger partial charge in [0.2, 0.25) is 0 Å². The third-order valence-electron chi connectivity index (χ3n) is 2.24. The molecule has 0 amide bonds. The predicted molar refractivity (Wildman–Crippen MR) is 84.0 cm³/mol. The quantitative estimate of drug-likeness (QED) is 0.501. The summed E-state index contributed by atoms with van der Waals surface area (Å²) in [4.78, 5) is 4.23. The van der Waals surface area contributed by atoms with Crippen molar-refractivity contribution in [2.45, 2.75) is 6.54 Å². The molecule has 0 aliphatic rings. The van der Waals surface area contributed by atoms with E-state index in [0.717, 1.165) is 11.3 Å². The van der Waals surface area contributed by atoms with Gasteiger partial charge in [0.1, 0.15) is 0 Å². The van der Waals surface area contributed by atoms with Crippen molar-refractivity contribution in [3.63, 3.8) is 0 Å². The number of halogens is 1. The second kappa shape index (κ2) is 7.00. The summed E-state index contributed by atoms with van der Waals surface area (Å²) in [6, 6.07) is 9.71. The Morgan fingerprint density at radius 1 is 1.39 bits per heavy atom. The van der Waals surface area contributed by atoms with E-state index in [1.807, 2.05) is 43.6 Å². The topological polar surface area (TPSA) is 68.2 Å². The van der Waals surface area contributed by atoms with Crippen LogP contribution in [0.15, 0.2) is 47.7 Å². The lowest BCUT2D eigenvalue weighted by atomic mass is 10.3. The number of hydrogen-bond acceptors (Lipinski definition) is 2. The van der Waals surface area contributed by atoms with Gasteiger partial charge in [-0.05, 0) is 12.1 Å². The number of hydrogen-bond donors (Lipinski definition) is 2. The van der Waals surface area contributed by atoms with Gasteiger partial charge in [0.05, 0.1) is 12.7 Å². The summed E-state index contributed by atoms with van der Waals surface area (Å²) in [6.07, 6.45) is 3.69. The highest BCUT2D eigenvalue weighted by atomic mass is 127. The Hall–Kier alpha value is -1.57. The molecular formula is C12H16IN5. The van der Waals surface area contributed by atoms with Gasteiger partial charge in [-0.1, -0.05) is 18.2 Å². The minimum atomic E-state index is 0. The molecule has 0 aliphatic carbocycles. The first-order valence-electron chi connectivity index (χ1n) is 5.33. The lowest BCUT2D eigenvalue weighted by Crippen LogP contribution is -2.22. The van der Waals surface area contributed by atoms with E-state index in [0.29, 0.717) is 12.5 Å². The highest BCUT2D eigenvalue weighted by molar-refractivity contribution is 14.0. The van der Waals surface area contributed by atoms with Gasteiger partial charge in [0, 0.05) is 24.5 Å². The Morgan fingerprint density at radius 2 is 2.11 bits per heavy atom. The number of nitrogens with two attached hydrogens (primary N) is 1. The Labute approximate surface area is 123 Å². The minimum Gasteiger partial charge on any atom is -0.370 e. The fourth-order valence-corrected chi connectivity index (χ4v) is 1.44. The second-order valence-electron chi connectivity index (χ2n) is 3.71. The molecule has 0 aliphatic heterocycles. The van der Waals surface area contributed by atoms with Crippen molar-refractivity contribution in [2.75, 3.05) is 5.32 Å². The monoisotopic (exact) mass is 357 g/mol. The number of rotatable bonds is 3. The molecule has 0 saturated carbocycles. The molecule has 1 heterocycles. The van der Waals surface area contributed by atoms with E-state index in [4.69, 9.17) is 5.73 Å². The van der Waals surface area contributed by atoms with E-state index in [9.17, 15) is 0 Å². The molecular weight excluding hydrogens is 341 g/mol. The summed E-state index contributed by atoms with van der Waals surface area (Å²) in [5.41, 5.74) is 7.74. The number of guanidine groups is 1. The zero-order chi connectivity index (χ0) is 12.1. The molecule has 0 atom stereocenters. The molecule has 0 spiro atoms. The van der Waals surface area contributed by atoms with Crippen LogP contribution in [0, 0.1) is 0 Å². The first kappa shape index (κ1) is 14.5. The molecule has 18 heavy (non-hydrogen) atoms. The van der Waals surface area contributed by atoms with Crippen LogP contribution >= 0.6 is 24.0 Å². The van der Waals surface area contributed by atoms with Crippen LogP contribution in [0.4, 0.5) is 5.69 Å². The van der Waals surface area contributed by atoms with Crippen LogP contribution in [0.2, 0.25) is 0 Å². The molecule has 6 heteroatoms. The van der Waals surface area contributed by atoms with E-state index in [1.165, 1.54) is 0 Å². The average Bonchev–Trinajstić information content (AvgIpc) is 2.74. The van der Waals surface area contributed by atoms with Crippen LogP contribution in [0.1, 0.15) is 5.56 Å². The number of nitrogens with one attached hydrogen (secondary N) is 1. The van der Waals surface area contributed by atoms with E-state index < -0.39 is 0 Å². The largest absolute Gasteiger partial charge is 0.370 e. The number of aryl methyl sites for hydroxylation is 1. The molecule has 5 nitrogen and oxygen atoms in total. The zero-order valence-corrected chi connectivity index (χ0v) is 12.4. The van der Waals surface area contributed by atoms with Gasteiger partial charge in [-0.25, -0.2) is 4.99 Å². The minimum absolute atomic E-state index is 0. The Balaban J connectivity index is 0.00000162. The molecule has 2 rings (SSSR count). The van der Waals surface area contributed by atoms with Crippen LogP contribution in [0.25, 0.3) is 0 Å². The molecule has 0 fully saturated rings. The standard InChI is InChI=1S/C12H15N5.HI/c1-17-9-10(8-15-17)7-14-12(13)16-11-5-3-2-4-6-11;/h2-6,8-9H,7H2,1H3,(H3,13,14,16);1H. The summed E-state index contributed by atoms with van der Waals surface area (Å²) in [7, 11) is 1.87. The van der Waals surface area contributed by atoms with Gasteiger partial charge >= 0.3 is 0 Å². The van der Waals surface area contributed by atoms with Crippen LogP contribution in [0.5, 0.6) is 0 Å². The van der Waals surface area contributed by atoms with Gasteiger partial charge in [-0.15, -0.1) is 24.0 Å². The highest BCUT2D eigenvalue weighted by Crippen LogP contribution is 2.04. The van der Waals surface area contributed by atoms with Crippen molar-refractivity contribution >= 4 is 35.6 Å². The Morgan fingerprint density at radius 3 is 2.72 bits per heavy atom. The van der Waals surface area contributed by atoms with E-state index >= 15 is 0 Å². The molecule has 96 valence electrons. The number of aliphatic imine (C=N–C) groups is 1. The number of para-hydroxylation sites is 1. The van der Waals surface area contributed by atoms with E-state index in [1.54, 1.807) is 10.9 Å². The van der Waals surface area contributed by atoms with E-state index in [-0.39, 0.29) is 24.0 Å². The van der Waals surface area contributed by atoms with Gasteiger partial charge in [-0.2, -0.15) is 5.10 Å². The molecule has 0 saturated heterocycles. The second-order valence-corrected chi connectivity index (χ2v) is 3.71. The summed E-state index contributed by atoms with van der Waals surface area (Å²) in [5.74, 6) is 0.403. The van der Waals surface area contributed by atoms with Gasteiger partial charge in [0.25, 0.3) is 0 Å². The highest BCUT2D eigenvalue weighted by Gasteiger charge is 1.96. The number of aromatic nitrogens is 2.